The number of nitrogens with one attached hydrogen (secondary N) is 3. The molecule has 1 aromatic carbocycles. The number of carbonyl (C=O) groups is 2. The molecule has 1 aliphatic rings. The number of H-pyrrole nitrogens is 1. The summed E-state index contributed by atoms with van der Waals surface area (Å²) in [5.41, 5.74) is 2.57. The van der Waals surface area contributed by atoms with Gasteiger partial charge in [0.05, 0.1) is 0 Å². The smallest absolute Gasteiger partial charge is 0.248 e. The van der Waals surface area contributed by atoms with E-state index in [2.05, 4.69) is 25.7 Å². The van der Waals surface area contributed by atoms with E-state index in [4.69, 9.17) is 14.7 Å². The maximum Gasteiger partial charge on any atom is 0.248 e. The average molecular weight is 511 g/mol. The molecule has 0 saturated carbocycles. The number of benzene rings is 1. The first-order valence-electron chi connectivity index (χ1n) is 11.6. The average Bonchev–Trinajstić information content (AvgIpc) is 3.26. The number of methoxy groups -OCH3 is 1. The molecule has 12 heteroatoms. The summed E-state index contributed by atoms with van der Waals surface area (Å²) in [5, 5.41) is 13.9. The number of carbonyl (C=O) groups excluding carboxylic acids is 2. The van der Waals surface area contributed by atoms with Gasteiger partial charge in [0.25, 0.3) is 0 Å². The Labute approximate surface area is 214 Å². The Balaban J connectivity index is 1.59. The number of aromatic nitrogens is 4. The fraction of sp³-hybridized carbons (Fsp3) is 0.375. The first-order chi connectivity index (χ1) is 17.3. The lowest BCUT2D eigenvalue weighted by molar-refractivity contribution is -0.135. The van der Waals surface area contributed by atoms with Crippen molar-refractivity contribution in [3.8, 4) is 0 Å². The van der Waals surface area contributed by atoms with Crippen molar-refractivity contribution in [3.63, 3.8) is 0 Å². The fourth-order valence-electron chi connectivity index (χ4n) is 3.86. The van der Waals surface area contributed by atoms with Gasteiger partial charge >= 0.3 is 0 Å². The van der Waals surface area contributed by atoms with E-state index >= 15 is 0 Å². The van der Waals surface area contributed by atoms with Crippen LogP contribution in [0.4, 0.5) is 23.1 Å². The molecular weight excluding hydrogens is 480 g/mol. The Morgan fingerprint density at radius 3 is 2.44 bits per heavy atom. The van der Waals surface area contributed by atoms with Gasteiger partial charge in [-0.3, -0.25) is 14.7 Å². The summed E-state index contributed by atoms with van der Waals surface area (Å²) in [6.45, 7) is 7.99. The first-order valence-corrected chi connectivity index (χ1v) is 12.4. The van der Waals surface area contributed by atoms with Crippen LogP contribution in [0.25, 0.3) is 0 Å². The summed E-state index contributed by atoms with van der Waals surface area (Å²) in [4.78, 5) is 38.1. The minimum Gasteiger partial charge on any atom is -0.375 e. The van der Waals surface area contributed by atoms with Crippen LogP contribution >= 0.6 is 11.8 Å². The van der Waals surface area contributed by atoms with E-state index in [1.54, 1.807) is 0 Å². The molecular formula is C24H30N8O3S. The molecule has 0 bridgehead atoms. The molecule has 11 nitrogen and oxygen atoms in total. The Morgan fingerprint density at radius 1 is 1.11 bits per heavy atom. The minimum absolute atomic E-state index is 0.00762. The van der Waals surface area contributed by atoms with Gasteiger partial charge in [-0.25, -0.2) is 9.97 Å². The third-order valence-corrected chi connectivity index (χ3v) is 6.51. The van der Waals surface area contributed by atoms with E-state index < -0.39 is 0 Å². The third kappa shape index (κ3) is 6.32. The van der Waals surface area contributed by atoms with Crippen molar-refractivity contribution in [2.75, 3.05) is 55.4 Å². The van der Waals surface area contributed by atoms with Gasteiger partial charge < -0.3 is 25.2 Å². The fourth-order valence-corrected chi connectivity index (χ4v) is 4.61. The summed E-state index contributed by atoms with van der Waals surface area (Å²) in [7, 11) is 1.53. The number of hydrogen-bond acceptors (Lipinski definition) is 9. The Morgan fingerprint density at radius 2 is 1.83 bits per heavy atom. The van der Waals surface area contributed by atoms with Crippen molar-refractivity contribution in [3.05, 3.63) is 41.6 Å². The maximum absolute atomic E-state index is 12.2. The molecule has 3 heterocycles. The van der Waals surface area contributed by atoms with E-state index in [-0.39, 0.29) is 18.4 Å². The number of piperazine rings is 1. The number of aryl methyl sites for hydroxylation is 1. The summed E-state index contributed by atoms with van der Waals surface area (Å²) in [6, 6.07) is 9.45. The van der Waals surface area contributed by atoms with E-state index in [1.165, 1.54) is 25.8 Å². The van der Waals surface area contributed by atoms with E-state index in [0.717, 1.165) is 27.7 Å². The molecule has 2 aromatic heterocycles. The Bertz CT molecular complexity index is 1220. The van der Waals surface area contributed by atoms with Crippen molar-refractivity contribution in [2.45, 2.75) is 30.8 Å². The van der Waals surface area contributed by atoms with Gasteiger partial charge in [-0.1, -0.05) is 0 Å². The van der Waals surface area contributed by atoms with Crippen molar-refractivity contribution >= 4 is 46.7 Å². The number of ether oxygens (including phenoxy) is 1. The van der Waals surface area contributed by atoms with Crippen LogP contribution in [0.3, 0.4) is 0 Å². The topological polar surface area (TPSA) is 128 Å². The molecule has 3 aromatic rings. The summed E-state index contributed by atoms with van der Waals surface area (Å²) in [6.07, 6.45) is 0. The summed E-state index contributed by atoms with van der Waals surface area (Å²) < 4.78 is 4.99. The first kappa shape index (κ1) is 25.5. The van der Waals surface area contributed by atoms with Gasteiger partial charge in [0, 0.05) is 68.1 Å². The molecule has 2 amide bonds. The van der Waals surface area contributed by atoms with Gasteiger partial charge in [0.1, 0.15) is 18.2 Å². The third-order valence-electron chi connectivity index (χ3n) is 5.64. The maximum atomic E-state index is 12.2. The lowest BCUT2D eigenvalue weighted by Crippen LogP contribution is -2.50. The van der Waals surface area contributed by atoms with E-state index in [0.29, 0.717) is 43.0 Å². The van der Waals surface area contributed by atoms with Gasteiger partial charge in [-0.2, -0.15) is 5.10 Å². The second kappa shape index (κ2) is 11.4. The van der Waals surface area contributed by atoms with Crippen molar-refractivity contribution in [2.24, 2.45) is 0 Å². The molecule has 0 atom stereocenters. The molecule has 1 saturated heterocycles. The van der Waals surface area contributed by atoms with Crippen LogP contribution in [-0.4, -0.2) is 76.8 Å². The highest BCUT2D eigenvalue weighted by Gasteiger charge is 2.25. The lowest BCUT2D eigenvalue weighted by Gasteiger charge is -2.36. The molecule has 0 radical (unpaired) electrons. The summed E-state index contributed by atoms with van der Waals surface area (Å²) in [5.74, 6) is 2.03. The SMILES string of the molecule is COCC(=O)N1CCN(c2nc(Sc3ccc(NC(C)=O)cc3)nc(Nc3cc(C)[nH]n3)c2C)CC1. The van der Waals surface area contributed by atoms with Crippen LogP contribution in [0, 0.1) is 13.8 Å². The molecule has 0 aliphatic carbocycles. The van der Waals surface area contributed by atoms with Crippen LogP contribution in [0.1, 0.15) is 18.2 Å². The van der Waals surface area contributed by atoms with Crippen molar-refractivity contribution < 1.29 is 14.3 Å². The van der Waals surface area contributed by atoms with Crippen LogP contribution in [0.2, 0.25) is 0 Å². The number of amides is 2. The number of aromatic amines is 1. The van der Waals surface area contributed by atoms with Crippen molar-refractivity contribution in [1.82, 2.24) is 25.1 Å². The highest BCUT2D eigenvalue weighted by molar-refractivity contribution is 7.99. The minimum atomic E-state index is -0.116. The molecule has 1 aliphatic heterocycles. The molecule has 1 fully saturated rings. The zero-order chi connectivity index (χ0) is 25.7. The molecule has 3 N–H and O–H groups in total. The Kier molecular flexibility index (Phi) is 8.06. The number of nitrogens with zero attached hydrogens (tertiary/aromatic N) is 5. The highest BCUT2D eigenvalue weighted by Crippen LogP contribution is 2.33. The molecule has 190 valence electrons. The second-order valence-corrected chi connectivity index (χ2v) is 9.51. The molecule has 4 rings (SSSR count). The number of rotatable bonds is 8. The predicted octanol–water partition coefficient (Wildman–Crippen LogP) is 2.96. The van der Waals surface area contributed by atoms with Gasteiger partial charge in [-0.05, 0) is 49.9 Å². The van der Waals surface area contributed by atoms with E-state index in [1.807, 2.05) is 49.1 Å². The second-order valence-electron chi connectivity index (χ2n) is 8.47. The molecule has 0 unspecified atom stereocenters. The zero-order valence-corrected chi connectivity index (χ0v) is 21.6. The van der Waals surface area contributed by atoms with Crippen LogP contribution < -0.4 is 15.5 Å². The van der Waals surface area contributed by atoms with Gasteiger partial charge in [0.15, 0.2) is 11.0 Å². The lowest BCUT2D eigenvalue weighted by atomic mass is 10.2. The van der Waals surface area contributed by atoms with Crippen LogP contribution in [0.5, 0.6) is 0 Å². The monoisotopic (exact) mass is 510 g/mol. The zero-order valence-electron chi connectivity index (χ0n) is 20.8. The summed E-state index contributed by atoms with van der Waals surface area (Å²) >= 11 is 1.43. The standard InChI is InChI=1S/C24H30N8O3S/c1-15-13-20(30-29-15)26-22-16(2)23(32-11-9-31(10-12-32)21(34)14-35-4)28-24(27-22)36-19-7-5-18(6-8-19)25-17(3)33/h5-8,13H,9-12,14H2,1-4H3,(H,25,33)(H2,26,27,28,29,30). The normalized spacial score (nSPS) is 13.6. The van der Waals surface area contributed by atoms with Crippen LogP contribution in [-0.2, 0) is 14.3 Å². The highest BCUT2D eigenvalue weighted by atomic mass is 32.2. The predicted molar refractivity (Wildman–Crippen MR) is 139 cm³/mol. The largest absolute Gasteiger partial charge is 0.375 e. The molecule has 36 heavy (non-hydrogen) atoms. The van der Waals surface area contributed by atoms with E-state index in [9.17, 15) is 9.59 Å². The molecule has 0 spiro atoms. The van der Waals surface area contributed by atoms with Gasteiger partial charge in [0.2, 0.25) is 11.8 Å². The van der Waals surface area contributed by atoms with Crippen molar-refractivity contribution in [1.29, 1.82) is 0 Å². The Hall–Kier alpha value is -3.64. The quantitative estimate of drug-likeness (QED) is 0.392. The number of anilines is 4. The number of hydrogen-bond donors (Lipinski definition) is 3. The van der Waals surface area contributed by atoms with Crippen LogP contribution in [0.15, 0.2) is 40.4 Å². The van der Waals surface area contributed by atoms with Gasteiger partial charge in [-0.15, -0.1) is 0 Å².